The second-order valence-corrected chi connectivity index (χ2v) is 8.83. The summed E-state index contributed by atoms with van der Waals surface area (Å²) < 4.78 is 17.2. The van der Waals surface area contributed by atoms with Crippen LogP contribution in [0.2, 0.25) is 0 Å². The number of thioether (sulfide) groups is 1. The maximum absolute atomic E-state index is 13.5. The highest BCUT2D eigenvalue weighted by Crippen LogP contribution is 2.31. The number of carbonyl (C=O) groups is 1. The van der Waals surface area contributed by atoms with E-state index in [-0.39, 0.29) is 17.5 Å². The molecule has 0 unspecified atom stereocenters. The second-order valence-electron chi connectivity index (χ2n) is 7.89. The van der Waals surface area contributed by atoms with Crippen LogP contribution in [0.15, 0.2) is 53.9 Å². The molecular formula is C25H24FN7OS. The van der Waals surface area contributed by atoms with E-state index in [1.165, 1.54) is 23.9 Å². The number of nitrogens with zero attached hydrogens (tertiary/aromatic N) is 6. The average molecular weight is 490 g/mol. The second kappa shape index (κ2) is 10.5. The molecule has 4 rings (SSSR count). The van der Waals surface area contributed by atoms with Crippen LogP contribution >= 0.6 is 11.8 Å². The summed E-state index contributed by atoms with van der Waals surface area (Å²) >= 11 is 1.28. The molecule has 0 bridgehead atoms. The van der Waals surface area contributed by atoms with E-state index >= 15 is 0 Å². The molecule has 0 aliphatic rings. The minimum Gasteiger partial charge on any atom is -0.310 e. The van der Waals surface area contributed by atoms with Gasteiger partial charge in [-0.3, -0.25) is 14.3 Å². The number of halogens is 1. The third-order valence-electron chi connectivity index (χ3n) is 5.60. The molecule has 1 aromatic carbocycles. The van der Waals surface area contributed by atoms with E-state index < -0.39 is 0 Å². The normalized spacial score (nSPS) is 10.8. The molecule has 3 aromatic heterocycles. The predicted octanol–water partition coefficient (Wildman–Crippen LogP) is 4.90. The van der Waals surface area contributed by atoms with Crippen molar-refractivity contribution >= 4 is 23.5 Å². The third-order valence-corrected chi connectivity index (χ3v) is 6.57. The predicted molar refractivity (Wildman–Crippen MR) is 133 cm³/mol. The molecule has 0 fully saturated rings. The number of hydrogen-bond donors (Lipinski definition) is 1. The number of rotatable bonds is 8. The van der Waals surface area contributed by atoms with Gasteiger partial charge in [0.15, 0.2) is 11.0 Å². The monoisotopic (exact) mass is 489 g/mol. The SMILES string of the molecule is CCCn1c(SCC(=O)Nc2c(C#N)c(C)c(C)n2-c2ccc(F)cc2)nnc1-c1ccncc1. The molecule has 0 radical (unpaired) electrons. The van der Waals surface area contributed by atoms with Gasteiger partial charge in [0.05, 0.1) is 11.3 Å². The van der Waals surface area contributed by atoms with Crippen molar-refractivity contribution in [3.8, 4) is 23.1 Å². The molecule has 3 heterocycles. The number of amides is 1. The number of benzene rings is 1. The molecule has 35 heavy (non-hydrogen) atoms. The van der Waals surface area contributed by atoms with Crippen LogP contribution < -0.4 is 5.32 Å². The number of anilines is 1. The smallest absolute Gasteiger partial charge is 0.236 e. The van der Waals surface area contributed by atoms with E-state index in [2.05, 4.69) is 33.5 Å². The molecule has 0 atom stereocenters. The molecule has 0 saturated carbocycles. The average Bonchev–Trinajstić information content (AvgIpc) is 3.37. The summed E-state index contributed by atoms with van der Waals surface area (Å²) in [6, 6.07) is 11.8. The summed E-state index contributed by atoms with van der Waals surface area (Å²) in [6.45, 7) is 6.46. The molecule has 178 valence electrons. The van der Waals surface area contributed by atoms with E-state index in [1.54, 1.807) is 29.1 Å². The number of hydrogen-bond acceptors (Lipinski definition) is 6. The van der Waals surface area contributed by atoms with Gasteiger partial charge in [-0.05, 0) is 62.2 Å². The quantitative estimate of drug-likeness (QED) is 0.353. The number of carbonyl (C=O) groups excluding carboxylic acids is 1. The van der Waals surface area contributed by atoms with Crippen molar-refractivity contribution in [3.05, 3.63) is 71.4 Å². The molecule has 1 N–H and O–H groups in total. The molecular weight excluding hydrogens is 465 g/mol. The molecule has 10 heteroatoms. The van der Waals surface area contributed by atoms with Gasteiger partial charge in [0, 0.05) is 35.9 Å². The lowest BCUT2D eigenvalue weighted by molar-refractivity contribution is -0.113. The number of nitriles is 1. The van der Waals surface area contributed by atoms with E-state index in [0.29, 0.717) is 28.8 Å². The number of pyridine rings is 1. The lowest BCUT2D eigenvalue weighted by Gasteiger charge is -2.13. The van der Waals surface area contributed by atoms with Crippen LogP contribution in [-0.4, -0.2) is 36.0 Å². The summed E-state index contributed by atoms with van der Waals surface area (Å²) in [5.41, 5.74) is 3.48. The first-order valence-corrected chi connectivity index (χ1v) is 12.1. The zero-order valence-corrected chi connectivity index (χ0v) is 20.4. The third kappa shape index (κ3) is 4.95. The highest BCUT2D eigenvalue weighted by Gasteiger charge is 2.22. The highest BCUT2D eigenvalue weighted by atomic mass is 32.2. The summed E-state index contributed by atoms with van der Waals surface area (Å²) in [5.74, 6) is 0.520. The van der Waals surface area contributed by atoms with Crippen molar-refractivity contribution in [1.82, 2.24) is 24.3 Å². The van der Waals surface area contributed by atoms with Crippen molar-refractivity contribution in [2.45, 2.75) is 38.9 Å². The number of aromatic nitrogens is 5. The van der Waals surface area contributed by atoms with E-state index in [0.717, 1.165) is 29.1 Å². The van der Waals surface area contributed by atoms with Gasteiger partial charge in [-0.2, -0.15) is 5.26 Å². The summed E-state index contributed by atoms with van der Waals surface area (Å²) in [4.78, 5) is 17.0. The van der Waals surface area contributed by atoms with Crippen LogP contribution in [0.4, 0.5) is 10.2 Å². The Kier molecular flexibility index (Phi) is 7.27. The molecule has 0 spiro atoms. The largest absolute Gasteiger partial charge is 0.310 e. The van der Waals surface area contributed by atoms with Crippen molar-refractivity contribution in [2.75, 3.05) is 11.1 Å². The van der Waals surface area contributed by atoms with Crippen LogP contribution in [0.1, 0.15) is 30.2 Å². The highest BCUT2D eigenvalue weighted by molar-refractivity contribution is 7.99. The zero-order chi connectivity index (χ0) is 24.9. The topological polar surface area (TPSA) is 101 Å². The first kappa shape index (κ1) is 24.2. The van der Waals surface area contributed by atoms with Crippen LogP contribution in [0.5, 0.6) is 0 Å². The Balaban J connectivity index is 1.57. The van der Waals surface area contributed by atoms with Gasteiger partial charge in [0.2, 0.25) is 5.91 Å². The minimum atomic E-state index is -0.361. The minimum absolute atomic E-state index is 0.0791. The zero-order valence-electron chi connectivity index (χ0n) is 19.6. The van der Waals surface area contributed by atoms with Crippen molar-refractivity contribution in [1.29, 1.82) is 5.26 Å². The maximum Gasteiger partial charge on any atom is 0.236 e. The molecule has 0 saturated heterocycles. The van der Waals surface area contributed by atoms with Gasteiger partial charge >= 0.3 is 0 Å². The fraction of sp³-hybridized carbons (Fsp3) is 0.240. The Bertz CT molecular complexity index is 1390. The van der Waals surface area contributed by atoms with E-state index in [1.807, 2.05) is 30.5 Å². The standard InChI is InChI=1S/C25H24FN7OS/c1-4-13-32-23(18-9-11-28-12-10-18)30-31-25(32)35-15-22(34)29-24-21(14-27)16(2)17(3)33(24)20-7-5-19(26)6-8-20/h5-12H,4,13,15H2,1-3H3,(H,29,34). The van der Waals surface area contributed by atoms with Crippen LogP contribution in [0.3, 0.4) is 0 Å². The van der Waals surface area contributed by atoms with Crippen LogP contribution in [0, 0.1) is 31.0 Å². The first-order valence-electron chi connectivity index (χ1n) is 11.1. The lowest BCUT2D eigenvalue weighted by atomic mass is 10.2. The maximum atomic E-state index is 13.5. The summed E-state index contributed by atoms with van der Waals surface area (Å²) in [6.07, 6.45) is 4.28. The Hall–Kier alpha value is -3.97. The van der Waals surface area contributed by atoms with Gasteiger partial charge in [-0.25, -0.2) is 4.39 Å². The fourth-order valence-electron chi connectivity index (χ4n) is 3.81. The van der Waals surface area contributed by atoms with E-state index in [4.69, 9.17) is 0 Å². The molecule has 8 nitrogen and oxygen atoms in total. The van der Waals surface area contributed by atoms with Crippen molar-refractivity contribution in [3.63, 3.8) is 0 Å². The lowest BCUT2D eigenvalue weighted by Crippen LogP contribution is -2.18. The molecule has 0 aliphatic carbocycles. The fourth-order valence-corrected chi connectivity index (χ4v) is 4.57. The van der Waals surface area contributed by atoms with E-state index in [9.17, 15) is 14.4 Å². The Labute approximate surface area is 206 Å². The van der Waals surface area contributed by atoms with Gasteiger partial charge in [0.1, 0.15) is 17.7 Å². The van der Waals surface area contributed by atoms with Crippen molar-refractivity contribution < 1.29 is 9.18 Å². The Morgan fingerprint density at radius 3 is 2.51 bits per heavy atom. The molecule has 0 aliphatic heterocycles. The van der Waals surface area contributed by atoms with Gasteiger partial charge in [-0.15, -0.1) is 10.2 Å². The van der Waals surface area contributed by atoms with Gasteiger partial charge < -0.3 is 9.88 Å². The van der Waals surface area contributed by atoms with Crippen LogP contribution in [0.25, 0.3) is 17.1 Å². The van der Waals surface area contributed by atoms with Gasteiger partial charge in [0.25, 0.3) is 0 Å². The summed E-state index contributed by atoms with van der Waals surface area (Å²) in [7, 11) is 0. The van der Waals surface area contributed by atoms with Gasteiger partial charge in [-0.1, -0.05) is 18.7 Å². The number of nitrogens with one attached hydrogen (secondary N) is 1. The Morgan fingerprint density at radius 1 is 1.14 bits per heavy atom. The van der Waals surface area contributed by atoms with Crippen LogP contribution in [-0.2, 0) is 11.3 Å². The Morgan fingerprint density at radius 2 is 1.86 bits per heavy atom. The summed E-state index contributed by atoms with van der Waals surface area (Å²) in [5, 5.41) is 21.9. The molecule has 1 amide bonds. The first-order chi connectivity index (χ1) is 16.9. The van der Waals surface area contributed by atoms with Crippen molar-refractivity contribution in [2.24, 2.45) is 0 Å². The molecule has 4 aromatic rings.